The third-order valence-corrected chi connectivity index (χ3v) is 3.34. The molecule has 1 heterocycles. The normalized spacial score (nSPS) is 15.3. The summed E-state index contributed by atoms with van der Waals surface area (Å²) in [5, 5.41) is 2.00. The molecule has 2 aromatic rings. The summed E-state index contributed by atoms with van der Waals surface area (Å²) in [4.78, 5) is 25.3. The molecular formula is C15H13NO2. The zero-order valence-electron chi connectivity index (χ0n) is 9.93. The number of rotatable bonds is 1. The molecule has 3 rings (SSSR count). The highest BCUT2D eigenvalue weighted by atomic mass is 16.2. The van der Waals surface area contributed by atoms with E-state index in [-0.39, 0.29) is 18.2 Å². The lowest BCUT2D eigenvalue weighted by molar-refractivity contribution is -0.116. The Morgan fingerprint density at radius 3 is 2.61 bits per heavy atom. The second-order valence-electron chi connectivity index (χ2n) is 4.54. The molecule has 90 valence electrons. The van der Waals surface area contributed by atoms with Gasteiger partial charge in [0.15, 0.2) is 5.78 Å². The first-order valence-corrected chi connectivity index (χ1v) is 6.04. The summed E-state index contributed by atoms with van der Waals surface area (Å²) < 4.78 is 0. The van der Waals surface area contributed by atoms with Crippen molar-refractivity contribution in [1.82, 2.24) is 4.90 Å². The first-order valence-electron chi connectivity index (χ1n) is 6.04. The van der Waals surface area contributed by atoms with E-state index in [0.717, 1.165) is 10.8 Å². The summed E-state index contributed by atoms with van der Waals surface area (Å²) in [6.45, 7) is 0.795. The Morgan fingerprint density at radius 2 is 1.83 bits per heavy atom. The third-order valence-electron chi connectivity index (χ3n) is 3.34. The van der Waals surface area contributed by atoms with Crippen molar-refractivity contribution in [2.45, 2.75) is 6.42 Å². The van der Waals surface area contributed by atoms with Crippen molar-refractivity contribution in [2.24, 2.45) is 0 Å². The summed E-state index contributed by atoms with van der Waals surface area (Å²) in [6.07, 6.45) is 0.483. The van der Waals surface area contributed by atoms with Gasteiger partial charge in [-0.3, -0.25) is 9.59 Å². The van der Waals surface area contributed by atoms with Crippen molar-refractivity contribution in [3.63, 3.8) is 0 Å². The Bertz CT molecular complexity index is 628. The van der Waals surface area contributed by atoms with Gasteiger partial charge in [-0.25, -0.2) is 0 Å². The van der Waals surface area contributed by atoms with Gasteiger partial charge in [0.05, 0.1) is 6.54 Å². The second kappa shape index (κ2) is 4.26. The highest BCUT2D eigenvalue weighted by molar-refractivity contribution is 6.08. The lowest BCUT2D eigenvalue weighted by Gasteiger charge is -2.15. The molecule has 3 nitrogen and oxygen atoms in total. The van der Waals surface area contributed by atoms with Gasteiger partial charge >= 0.3 is 0 Å². The fourth-order valence-corrected chi connectivity index (χ4v) is 2.39. The summed E-state index contributed by atoms with van der Waals surface area (Å²) in [5.41, 5.74) is 0.683. The quantitative estimate of drug-likeness (QED) is 0.765. The fraction of sp³-hybridized carbons (Fsp3) is 0.200. The molecule has 0 N–H and O–H groups in total. The Labute approximate surface area is 105 Å². The predicted molar refractivity (Wildman–Crippen MR) is 69.5 cm³/mol. The van der Waals surface area contributed by atoms with Gasteiger partial charge in [0.25, 0.3) is 5.91 Å². The van der Waals surface area contributed by atoms with Crippen molar-refractivity contribution >= 4 is 22.5 Å². The average molecular weight is 239 g/mol. The van der Waals surface area contributed by atoms with Crippen LogP contribution in [0.1, 0.15) is 16.8 Å². The molecule has 0 spiro atoms. The summed E-state index contributed by atoms with van der Waals surface area (Å²) in [6, 6.07) is 13.5. The number of fused-ring (bicyclic) bond motifs is 1. The minimum atomic E-state index is -0.0438. The largest absolute Gasteiger partial charge is 0.331 e. The lowest BCUT2D eigenvalue weighted by atomic mass is 10.0. The van der Waals surface area contributed by atoms with E-state index < -0.39 is 0 Å². The molecule has 1 saturated heterocycles. The zero-order chi connectivity index (χ0) is 12.5. The maximum absolute atomic E-state index is 12.4. The second-order valence-corrected chi connectivity index (χ2v) is 4.54. The Kier molecular flexibility index (Phi) is 2.59. The molecule has 0 atom stereocenters. The Balaban J connectivity index is 2.04. The van der Waals surface area contributed by atoms with Gasteiger partial charge in [-0.2, -0.15) is 0 Å². The van der Waals surface area contributed by atoms with E-state index in [1.54, 1.807) is 4.90 Å². The third kappa shape index (κ3) is 1.78. The van der Waals surface area contributed by atoms with Crippen LogP contribution in [0.4, 0.5) is 0 Å². The number of hydrogen-bond acceptors (Lipinski definition) is 2. The molecule has 2 aromatic carbocycles. The van der Waals surface area contributed by atoms with Crippen molar-refractivity contribution in [2.75, 3.05) is 13.1 Å². The highest BCUT2D eigenvalue weighted by Crippen LogP contribution is 2.21. The van der Waals surface area contributed by atoms with E-state index in [4.69, 9.17) is 0 Å². The van der Waals surface area contributed by atoms with Crippen LogP contribution < -0.4 is 0 Å². The molecule has 0 aromatic heterocycles. The summed E-state index contributed by atoms with van der Waals surface area (Å²) in [7, 11) is 0. The maximum atomic E-state index is 12.4. The van der Waals surface area contributed by atoms with Crippen LogP contribution in [0.3, 0.4) is 0 Å². The molecule has 1 amide bonds. The van der Waals surface area contributed by atoms with E-state index >= 15 is 0 Å². The molecule has 0 bridgehead atoms. The number of carbonyl (C=O) groups excluding carboxylic acids is 2. The van der Waals surface area contributed by atoms with Crippen molar-refractivity contribution in [3.05, 3.63) is 48.0 Å². The topological polar surface area (TPSA) is 37.4 Å². The molecule has 0 saturated carbocycles. The molecule has 0 aliphatic carbocycles. The van der Waals surface area contributed by atoms with Crippen LogP contribution in [0.25, 0.3) is 10.8 Å². The summed E-state index contributed by atoms with van der Waals surface area (Å²) >= 11 is 0. The van der Waals surface area contributed by atoms with Gasteiger partial charge in [0, 0.05) is 18.5 Å². The molecule has 18 heavy (non-hydrogen) atoms. The van der Waals surface area contributed by atoms with Gasteiger partial charge in [-0.1, -0.05) is 36.4 Å². The van der Waals surface area contributed by atoms with Crippen LogP contribution in [-0.2, 0) is 4.79 Å². The number of hydrogen-bond donors (Lipinski definition) is 0. The van der Waals surface area contributed by atoms with Crippen LogP contribution >= 0.6 is 0 Å². The fourth-order valence-electron chi connectivity index (χ4n) is 2.39. The van der Waals surface area contributed by atoms with Gasteiger partial charge in [0.2, 0.25) is 0 Å². The number of amides is 1. The summed E-state index contributed by atoms with van der Waals surface area (Å²) in [5.74, 6) is 0.0984. The maximum Gasteiger partial charge on any atom is 0.254 e. The first-order chi connectivity index (χ1) is 8.75. The van der Waals surface area contributed by atoms with Crippen molar-refractivity contribution < 1.29 is 9.59 Å². The van der Waals surface area contributed by atoms with Gasteiger partial charge in [0.1, 0.15) is 0 Å². The SMILES string of the molecule is O=C1CCN(C(=O)c2cccc3ccccc23)C1. The van der Waals surface area contributed by atoms with E-state index in [1.807, 2.05) is 42.5 Å². The number of carbonyl (C=O) groups is 2. The van der Waals surface area contributed by atoms with Crippen molar-refractivity contribution in [3.8, 4) is 0 Å². The van der Waals surface area contributed by atoms with Crippen LogP contribution in [0.15, 0.2) is 42.5 Å². The van der Waals surface area contributed by atoms with E-state index in [1.165, 1.54) is 0 Å². The van der Waals surface area contributed by atoms with Gasteiger partial charge in [-0.15, -0.1) is 0 Å². The Hall–Kier alpha value is -2.16. The number of ketones is 1. The molecule has 0 unspecified atom stereocenters. The van der Waals surface area contributed by atoms with Crippen LogP contribution in [0.5, 0.6) is 0 Å². The highest BCUT2D eigenvalue weighted by Gasteiger charge is 2.25. The van der Waals surface area contributed by atoms with Crippen LogP contribution in [-0.4, -0.2) is 29.7 Å². The average Bonchev–Trinajstić information content (AvgIpc) is 2.84. The standard InChI is InChI=1S/C15H13NO2/c17-12-8-9-16(10-12)15(18)14-7-3-5-11-4-1-2-6-13(11)14/h1-7H,8-10H2. The molecule has 1 aliphatic heterocycles. The van der Waals surface area contributed by atoms with Crippen molar-refractivity contribution in [1.29, 1.82) is 0 Å². The minimum Gasteiger partial charge on any atom is -0.331 e. The van der Waals surface area contributed by atoms with E-state index in [9.17, 15) is 9.59 Å². The molecule has 3 heteroatoms. The van der Waals surface area contributed by atoms with Gasteiger partial charge < -0.3 is 4.90 Å². The van der Waals surface area contributed by atoms with E-state index in [2.05, 4.69) is 0 Å². The molecule has 0 radical (unpaired) electrons. The monoisotopic (exact) mass is 239 g/mol. The molecule has 1 aliphatic rings. The number of Topliss-reactive ketones (excluding diaryl/α,β-unsaturated/α-hetero) is 1. The molecular weight excluding hydrogens is 226 g/mol. The lowest BCUT2D eigenvalue weighted by Crippen LogP contribution is -2.28. The first kappa shape index (κ1) is 11.0. The number of benzene rings is 2. The smallest absolute Gasteiger partial charge is 0.254 e. The van der Waals surface area contributed by atoms with Crippen LogP contribution in [0.2, 0.25) is 0 Å². The number of nitrogens with zero attached hydrogens (tertiary/aromatic N) is 1. The Morgan fingerprint density at radius 1 is 1.06 bits per heavy atom. The molecule has 1 fully saturated rings. The zero-order valence-corrected chi connectivity index (χ0v) is 9.93. The van der Waals surface area contributed by atoms with E-state index in [0.29, 0.717) is 18.5 Å². The van der Waals surface area contributed by atoms with Crippen LogP contribution in [0, 0.1) is 0 Å². The predicted octanol–water partition coefficient (Wildman–Crippen LogP) is 2.25. The van der Waals surface area contributed by atoms with Gasteiger partial charge in [-0.05, 0) is 16.8 Å². The minimum absolute atomic E-state index is 0.0438. The number of likely N-dealkylation sites (tertiary alicyclic amines) is 1.